The van der Waals surface area contributed by atoms with E-state index in [0.717, 1.165) is 42.2 Å². The van der Waals surface area contributed by atoms with Gasteiger partial charge in [-0.05, 0) is 42.7 Å². The zero-order chi connectivity index (χ0) is 19.9. The molecule has 0 bridgehead atoms. The zero-order valence-corrected chi connectivity index (χ0v) is 16.7. The smallest absolute Gasteiger partial charge is 0.229 e. The molecule has 0 amide bonds. The van der Waals surface area contributed by atoms with Gasteiger partial charge in [-0.3, -0.25) is 9.52 Å². The highest BCUT2D eigenvalue weighted by molar-refractivity contribution is 7.92. The van der Waals surface area contributed by atoms with Crippen molar-refractivity contribution in [2.75, 3.05) is 18.1 Å². The molecule has 148 valence electrons. The van der Waals surface area contributed by atoms with E-state index in [2.05, 4.69) is 4.72 Å². The van der Waals surface area contributed by atoms with Gasteiger partial charge in [-0.25, -0.2) is 8.42 Å². The van der Waals surface area contributed by atoms with E-state index in [1.807, 2.05) is 24.3 Å². The van der Waals surface area contributed by atoms with Gasteiger partial charge in [0.2, 0.25) is 10.0 Å². The summed E-state index contributed by atoms with van der Waals surface area (Å²) < 4.78 is 37.7. The maximum absolute atomic E-state index is 12.6. The van der Waals surface area contributed by atoms with E-state index in [1.165, 1.54) is 0 Å². The van der Waals surface area contributed by atoms with Gasteiger partial charge in [0, 0.05) is 17.7 Å². The van der Waals surface area contributed by atoms with Gasteiger partial charge in [0.1, 0.15) is 23.4 Å². The fraction of sp³-hybridized carbons (Fsp3) is 0.381. The number of ether oxygens (including phenoxy) is 2. The first-order chi connectivity index (χ1) is 13.4. The summed E-state index contributed by atoms with van der Waals surface area (Å²) in [7, 11) is -1.81. The molecule has 1 heterocycles. The molecule has 1 aliphatic heterocycles. The van der Waals surface area contributed by atoms with Crippen LogP contribution in [0, 0.1) is 5.92 Å². The molecule has 0 spiro atoms. The van der Waals surface area contributed by atoms with E-state index in [4.69, 9.17) is 9.47 Å². The van der Waals surface area contributed by atoms with Crippen LogP contribution in [-0.4, -0.2) is 27.6 Å². The van der Waals surface area contributed by atoms with Gasteiger partial charge in [0.25, 0.3) is 0 Å². The van der Waals surface area contributed by atoms with Gasteiger partial charge in [0.05, 0.1) is 24.8 Å². The predicted octanol–water partition coefficient (Wildman–Crippen LogP) is 3.93. The van der Waals surface area contributed by atoms with E-state index < -0.39 is 16.1 Å². The molecule has 0 saturated heterocycles. The molecule has 2 aliphatic rings. The van der Waals surface area contributed by atoms with Crippen LogP contribution in [0.4, 0.5) is 5.69 Å². The molecule has 1 N–H and O–H groups in total. The molecule has 4 rings (SSSR count). The van der Waals surface area contributed by atoms with Crippen LogP contribution in [-0.2, 0) is 14.8 Å². The maximum Gasteiger partial charge on any atom is 0.229 e. The van der Waals surface area contributed by atoms with Gasteiger partial charge in [-0.15, -0.1) is 0 Å². The van der Waals surface area contributed by atoms with Crippen LogP contribution < -0.4 is 14.2 Å². The van der Waals surface area contributed by atoms with Gasteiger partial charge < -0.3 is 9.47 Å². The summed E-state index contributed by atoms with van der Waals surface area (Å²) in [6.07, 6.45) is 3.90. The minimum Gasteiger partial charge on any atom is -0.496 e. The van der Waals surface area contributed by atoms with Crippen LogP contribution in [0.1, 0.15) is 37.4 Å². The molecular formula is C21H23NO5S. The fourth-order valence-electron chi connectivity index (χ4n) is 4.18. The Morgan fingerprint density at radius 3 is 2.71 bits per heavy atom. The Kier molecular flexibility index (Phi) is 4.79. The number of rotatable bonds is 4. The van der Waals surface area contributed by atoms with Crippen molar-refractivity contribution in [3.8, 4) is 22.6 Å². The maximum atomic E-state index is 12.6. The number of nitrogens with one attached hydrogen (secondary N) is 1. The van der Waals surface area contributed by atoms with E-state index in [-0.39, 0.29) is 11.7 Å². The number of carbonyl (C=O) groups excluding carboxylic acids is 1. The van der Waals surface area contributed by atoms with Gasteiger partial charge in [0.15, 0.2) is 0 Å². The molecule has 6 nitrogen and oxygen atoms in total. The van der Waals surface area contributed by atoms with Crippen molar-refractivity contribution in [3.63, 3.8) is 0 Å². The van der Waals surface area contributed by atoms with E-state index in [0.29, 0.717) is 23.6 Å². The Balaban J connectivity index is 1.87. The third-order valence-corrected chi connectivity index (χ3v) is 5.97. The zero-order valence-electron chi connectivity index (χ0n) is 15.9. The van der Waals surface area contributed by atoms with Gasteiger partial charge in [-0.2, -0.15) is 0 Å². The van der Waals surface area contributed by atoms with Crippen molar-refractivity contribution in [1.82, 2.24) is 0 Å². The highest BCUT2D eigenvalue weighted by Gasteiger charge is 2.38. The van der Waals surface area contributed by atoms with Crippen molar-refractivity contribution in [1.29, 1.82) is 0 Å². The topological polar surface area (TPSA) is 81.7 Å². The molecule has 2 aromatic rings. The second-order valence-corrected chi connectivity index (χ2v) is 9.12. The highest BCUT2D eigenvalue weighted by Crippen LogP contribution is 2.51. The number of sulfonamides is 1. The molecule has 7 heteroatoms. The fourth-order valence-corrected chi connectivity index (χ4v) is 4.73. The molecule has 1 saturated carbocycles. The monoisotopic (exact) mass is 401 g/mol. The third kappa shape index (κ3) is 3.46. The number of fused-ring (bicyclic) bond motifs is 3. The molecule has 0 radical (unpaired) electrons. The Labute approximate surface area is 164 Å². The van der Waals surface area contributed by atoms with Crippen LogP contribution in [0.5, 0.6) is 11.5 Å². The number of ketones is 1. The average Bonchev–Trinajstić information content (AvgIpc) is 2.66. The summed E-state index contributed by atoms with van der Waals surface area (Å²) >= 11 is 0. The minimum atomic E-state index is -3.41. The Hall–Kier alpha value is -2.54. The molecule has 2 aromatic carbocycles. The number of hydrogen-bond acceptors (Lipinski definition) is 5. The van der Waals surface area contributed by atoms with E-state index in [9.17, 15) is 13.2 Å². The van der Waals surface area contributed by atoms with Crippen molar-refractivity contribution in [2.24, 2.45) is 5.92 Å². The van der Waals surface area contributed by atoms with E-state index in [1.54, 1.807) is 19.2 Å². The number of hydrogen-bond donors (Lipinski definition) is 1. The van der Waals surface area contributed by atoms with Crippen molar-refractivity contribution >= 4 is 21.5 Å². The summed E-state index contributed by atoms with van der Waals surface area (Å²) in [6, 6.07) is 11.0. The molecular weight excluding hydrogens is 378 g/mol. The van der Waals surface area contributed by atoms with Crippen molar-refractivity contribution in [2.45, 2.75) is 31.8 Å². The number of benzene rings is 2. The number of carbonyl (C=O) groups is 1. The third-order valence-electron chi connectivity index (χ3n) is 5.36. The lowest BCUT2D eigenvalue weighted by Gasteiger charge is -2.35. The lowest BCUT2D eigenvalue weighted by Crippen LogP contribution is -2.31. The average molecular weight is 401 g/mol. The molecule has 1 fully saturated rings. The lowest BCUT2D eigenvalue weighted by atomic mass is 9.78. The van der Waals surface area contributed by atoms with Crippen LogP contribution in [0.2, 0.25) is 0 Å². The normalized spacial score (nSPS) is 21.3. The second-order valence-electron chi connectivity index (χ2n) is 7.37. The Bertz CT molecular complexity index is 1030. The number of methoxy groups -OCH3 is 1. The summed E-state index contributed by atoms with van der Waals surface area (Å²) in [5.74, 6) is 1.32. The predicted molar refractivity (Wildman–Crippen MR) is 107 cm³/mol. The first kappa shape index (κ1) is 18.8. The molecule has 1 aliphatic carbocycles. The standard InChI is InChI=1S/C21H23NO5S/c1-26-18-8-5-9-19-20(18)14-11-10-13(22-28(2,24)25)12-16(14)21(27-19)15-6-3-4-7-17(15)23/h5,8-12,15,21-22H,3-4,6-7H2,1-2H3. The molecule has 0 aromatic heterocycles. The van der Waals surface area contributed by atoms with Crippen molar-refractivity contribution < 1.29 is 22.7 Å². The summed E-state index contributed by atoms with van der Waals surface area (Å²) in [5, 5.41) is 0. The number of Topliss-reactive ketones (excluding diaryl/α,β-unsaturated/α-hetero) is 1. The first-order valence-corrected chi connectivity index (χ1v) is 11.2. The number of anilines is 1. The van der Waals surface area contributed by atoms with Crippen LogP contribution >= 0.6 is 0 Å². The SMILES string of the molecule is COc1cccc2c1-c1ccc(NS(C)(=O)=O)cc1C(C1CCCCC1=O)O2. The Morgan fingerprint density at radius 1 is 1.18 bits per heavy atom. The molecule has 28 heavy (non-hydrogen) atoms. The summed E-state index contributed by atoms with van der Waals surface area (Å²) in [4.78, 5) is 12.6. The van der Waals surface area contributed by atoms with Gasteiger partial charge >= 0.3 is 0 Å². The molecule has 2 atom stereocenters. The van der Waals surface area contributed by atoms with Crippen molar-refractivity contribution in [3.05, 3.63) is 42.0 Å². The van der Waals surface area contributed by atoms with Crippen LogP contribution in [0.15, 0.2) is 36.4 Å². The van der Waals surface area contributed by atoms with Crippen LogP contribution in [0.3, 0.4) is 0 Å². The minimum absolute atomic E-state index is 0.204. The second kappa shape index (κ2) is 7.13. The summed E-state index contributed by atoms with van der Waals surface area (Å²) in [6.45, 7) is 0. The van der Waals surface area contributed by atoms with Gasteiger partial charge in [-0.1, -0.05) is 18.6 Å². The Morgan fingerprint density at radius 2 is 2.00 bits per heavy atom. The summed E-state index contributed by atoms with van der Waals surface area (Å²) in [5.41, 5.74) is 2.99. The quantitative estimate of drug-likeness (QED) is 0.840. The highest BCUT2D eigenvalue weighted by atomic mass is 32.2. The largest absolute Gasteiger partial charge is 0.496 e. The van der Waals surface area contributed by atoms with E-state index >= 15 is 0 Å². The first-order valence-electron chi connectivity index (χ1n) is 9.36. The van der Waals surface area contributed by atoms with Crippen LogP contribution in [0.25, 0.3) is 11.1 Å². The molecule has 2 unspecified atom stereocenters. The lowest BCUT2D eigenvalue weighted by molar-refractivity contribution is -0.128.